The number of hydrogen-bond donors (Lipinski definition) is 2. The Morgan fingerprint density at radius 2 is 1.80 bits per heavy atom. The van der Waals surface area contributed by atoms with Gasteiger partial charge in [-0.2, -0.15) is 0 Å². The Kier molecular flexibility index (Phi) is 3.71. The summed E-state index contributed by atoms with van der Waals surface area (Å²) in [6, 6.07) is 7.68. The molecule has 1 aromatic heterocycles. The molecule has 5 heteroatoms. The molecule has 0 bridgehead atoms. The highest BCUT2D eigenvalue weighted by Crippen LogP contribution is 2.25. The highest BCUT2D eigenvalue weighted by Gasteiger charge is 2.39. The number of benzene rings is 1. The third kappa shape index (κ3) is 2.61. The minimum atomic E-state index is -1.08. The van der Waals surface area contributed by atoms with E-state index in [4.69, 9.17) is 4.65 Å². The summed E-state index contributed by atoms with van der Waals surface area (Å²) < 4.78 is 7.69. The smallest absolute Gasteiger partial charge is 0.423 e. The van der Waals surface area contributed by atoms with Gasteiger partial charge < -0.3 is 19.4 Å². The fourth-order valence-corrected chi connectivity index (χ4v) is 2.03. The molecule has 0 aliphatic carbocycles. The molecule has 0 saturated heterocycles. The molecule has 0 saturated carbocycles. The van der Waals surface area contributed by atoms with Crippen molar-refractivity contribution in [2.75, 3.05) is 0 Å². The third-order valence-electron chi connectivity index (χ3n) is 4.11. The van der Waals surface area contributed by atoms with Crippen molar-refractivity contribution in [2.24, 2.45) is 7.05 Å². The summed E-state index contributed by atoms with van der Waals surface area (Å²) in [5.41, 5.74) is -0.186. The van der Waals surface area contributed by atoms with Gasteiger partial charge in [-0.1, -0.05) is 12.1 Å². The van der Waals surface area contributed by atoms with Gasteiger partial charge in [-0.3, -0.25) is 0 Å². The van der Waals surface area contributed by atoms with E-state index in [-0.39, 0.29) is 0 Å². The van der Waals surface area contributed by atoms with Gasteiger partial charge in [0.15, 0.2) is 0 Å². The maximum absolute atomic E-state index is 10.4. The molecule has 0 unspecified atom stereocenters. The zero-order valence-corrected chi connectivity index (χ0v) is 12.7. The molecule has 0 spiro atoms. The standard InChI is InChI=1S/C15H22BNO3/c1-14(2,18)15(3,4)20-16(19)12-7-6-8-13-11(12)9-10-17(13)5/h6-10,18-19H,1-5H3. The number of fused-ring (bicyclic) bond motifs is 1. The Balaban J connectivity index is 2.35. The van der Waals surface area contributed by atoms with Crippen LogP contribution in [0.25, 0.3) is 10.9 Å². The van der Waals surface area contributed by atoms with E-state index >= 15 is 0 Å². The summed E-state index contributed by atoms with van der Waals surface area (Å²) in [5, 5.41) is 21.5. The molecule has 20 heavy (non-hydrogen) atoms. The van der Waals surface area contributed by atoms with Crippen LogP contribution in [0.4, 0.5) is 0 Å². The van der Waals surface area contributed by atoms with E-state index in [1.165, 1.54) is 0 Å². The Morgan fingerprint density at radius 3 is 2.40 bits per heavy atom. The lowest BCUT2D eigenvalue weighted by Gasteiger charge is -2.38. The van der Waals surface area contributed by atoms with Crippen molar-refractivity contribution in [3.63, 3.8) is 0 Å². The second-order valence-corrected chi connectivity index (χ2v) is 6.25. The summed E-state index contributed by atoms with van der Waals surface area (Å²) in [6.07, 6.45) is 1.95. The number of rotatable bonds is 4. The first kappa shape index (κ1) is 15.1. The van der Waals surface area contributed by atoms with Crippen molar-refractivity contribution in [1.29, 1.82) is 0 Å². The molecule has 2 rings (SSSR count). The van der Waals surface area contributed by atoms with Crippen LogP contribution < -0.4 is 5.46 Å². The van der Waals surface area contributed by atoms with E-state index in [0.717, 1.165) is 10.9 Å². The number of nitrogens with zero attached hydrogens (tertiary/aromatic N) is 1. The zero-order chi connectivity index (χ0) is 15.1. The van der Waals surface area contributed by atoms with Crippen LogP contribution in [0.1, 0.15) is 27.7 Å². The molecule has 0 atom stereocenters. The summed E-state index contributed by atoms with van der Waals surface area (Å²) in [4.78, 5) is 0. The molecule has 0 aliphatic heterocycles. The molecule has 0 radical (unpaired) electrons. The Morgan fingerprint density at radius 1 is 1.15 bits per heavy atom. The van der Waals surface area contributed by atoms with Gasteiger partial charge in [0.05, 0.1) is 11.2 Å². The fourth-order valence-electron chi connectivity index (χ4n) is 2.03. The molecule has 1 aromatic carbocycles. The SMILES string of the molecule is Cn1ccc2c(B(O)OC(C)(C)C(C)(C)O)cccc21. The van der Waals surface area contributed by atoms with Gasteiger partial charge >= 0.3 is 7.12 Å². The van der Waals surface area contributed by atoms with Crippen molar-refractivity contribution >= 4 is 23.5 Å². The highest BCUT2D eigenvalue weighted by atomic mass is 16.5. The highest BCUT2D eigenvalue weighted by molar-refractivity contribution is 6.63. The summed E-state index contributed by atoms with van der Waals surface area (Å²) in [5.74, 6) is 0. The molecule has 108 valence electrons. The minimum Gasteiger partial charge on any atom is -0.423 e. The minimum absolute atomic E-state index is 0.709. The molecule has 2 N–H and O–H groups in total. The van der Waals surface area contributed by atoms with Crippen LogP contribution in [0.5, 0.6) is 0 Å². The molecule has 4 nitrogen and oxygen atoms in total. The van der Waals surface area contributed by atoms with Crippen LogP contribution in [-0.2, 0) is 11.7 Å². The van der Waals surface area contributed by atoms with Gasteiger partial charge in [0.1, 0.15) is 0 Å². The van der Waals surface area contributed by atoms with Crippen LogP contribution in [0, 0.1) is 0 Å². The largest absolute Gasteiger partial charge is 0.492 e. The maximum atomic E-state index is 10.4. The molecular weight excluding hydrogens is 253 g/mol. The number of aromatic nitrogens is 1. The summed E-state index contributed by atoms with van der Waals surface area (Å²) in [7, 11) is 0.877. The first-order valence-corrected chi connectivity index (χ1v) is 6.76. The van der Waals surface area contributed by atoms with Crippen LogP contribution in [0.15, 0.2) is 30.5 Å². The van der Waals surface area contributed by atoms with Crippen molar-refractivity contribution in [3.8, 4) is 0 Å². The lowest BCUT2D eigenvalue weighted by atomic mass is 9.75. The van der Waals surface area contributed by atoms with Gasteiger partial charge in [-0.05, 0) is 50.7 Å². The van der Waals surface area contributed by atoms with Crippen molar-refractivity contribution in [2.45, 2.75) is 38.9 Å². The predicted molar refractivity (Wildman–Crippen MR) is 82.0 cm³/mol. The summed E-state index contributed by atoms with van der Waals surface area (Å²) >= 11 is 0. The van der Waals surface area contributed by atoms with E-state index < -0.39 is 18.3 Å². The van der Waals surface area contributed by atoms with E-state index in [2.05, 4.69) is 0 Å². The average Bonchev–Trinajstić information content (AvgIpc) is 2.69. The van der Waals surface area contributed by atoms with Crippen molar-refractivity contribution in [3.05, 3.63) is 30.5 Å². The lowest BCUT2D eigenvalue weighted by Crippen LogP contribution is -2.53. The van der Waals surface area contributed by atoms with Crippen LogP contribution in [-0.4, -0.2) is 33.0 Å². The zero-order valence-electron chi connectivity index (χ0n) is 12.7. The lowest BCUT2D eigenvalue weighted by molar-refractivity contribution is -0.0982. The van der Waals surface area contributed by atoms with E-state index in [0.29, 0.717) is 5.46 Å². The Bertz CT molecular complexity index is 613. The monoisotopic (exact) mass is 275 g/mol. The van der Waals surface area contributed by atoms with Crippen molar-refractivity contribution < 1.29 is 14.8 Å². The maximum Gasteiger partial charge on any atom is 0.492 e. The number of hydrogen-bond acceptors (Lipinski definition) is 3. The first-order chi connectivity index (χ1) is 9.13. The second-order valence-electron chi connectivity index (χ2n) is 6.25. The van der Waals surface area contributed by atoms with Crippen LogP contribution in [0.2, 0.25) is 0 Å². The number of aryl methyl sites for hydroxylation is 1. The quantitative estimate of drug-likeness (QED) is 0.830. The molecule has 0 aliphatic rings. The molecule has 0 fully saturated rings. The second kappa shape index (κ2) is 4.92. The topological polar surface area (TPSA) is 54.6 Å². The molecular formula is C15H22BNO3. The fraction of sp³-hybridized carbons (Fsp3) is 0.467. The van der Waals surface area contributed by atoms with Gasteiger partial charge in [-0.15, -0.1) is 0 Å². The van der Waals surface area contributed by atoms with Gasteiger partial charge in [0.25, 0.3) is 0 Å². The average molecular weight is 275 g/mol. The van der Waals surface area contributed by atoms with Gasteiger partial charge in [0.2, 0.25) is 0 Å². The van der Waals surface area contributed by atoms with E-state index in [1.807, 2.05) is 42.1 Å². The molecule has 2 aromatic rings. The van der Waals surface area contributed by atoms with Crippen LogP contribution >= 0.6 is 0 Å². The number of aliphatic hydroxyl groups is 1. The van der Waals surface area contributed by atoms with Gasteiger partial charge in [-0.25, -0.2) is 0 Å². The van der Waals surface area contributed by atoms with Crippen LogP contribution in [0.3, 0.4) is 0 Å². The van der Waals surface area contributed by atoms with E-state index in [9.17, 15) is 10.1 Å². The normalized spacial score (nSPS) is 12.9. The summed E-state index contributed by atoms with van der Waals surface area (Å²) in [6.45, 7) is 6.87. The Labute approximate surface area is 120 Å². The Hall–Kier alpha value is -1.30. The van der Waals surface area contributed by atoms with Crippen molar-refractivity contribution in [1.82, 2.24) is 4.57 Å². The molecule has 0 amide bonds. The van der Waals surface area contributed by atoms with E-state index in [1.54, 1.807) is 27.7 Å². The van der Waals surface area contributed by atoms with Gasteiger partial charge in [0, 0.05) is 18.8 Å². The first-order valence-electron chi connectivity index (χ1n) is 6.76. The third-order valence-corrected chi connectivity index (χ3v) is 4.11. The molecule has 1 heterocycles. The predicted octanol–water partition coefficient (Wildman–Crippen LogP) is 1.43.